The number of nitrogens with one attached hydrogen (secondary N) is 1. The quantitative estimate of drug-likeness (QED) is 0.576. The van der Waals surface area contributed by atoms with E-state index in [1.54, 1.807) is 0 Å². The zero-order valence-corrected chi connectivity index (χ0v) is 15.5. The van der Waals surface area contributed by atoms with Gasteiger partial charge in [0.15, 0.2) is 0 Å². The predicted octanol–water partition coefficient (Wildman–Crippen LogP) is 5.12. The fraction of sp³-hybridized carbons (Fsp3) is 0.0952. The van der Waals surface area contributed by atoms with E-state index in [1.165, 1.54) is 0 Å². The second-order valence-corrected chi connectivity index (χ2v) is 6.93. The number of hydrogen-bond donors (Lipinski definition) is 1. The minimum Gasteiger partial charge on any atom is -0.341 e. The molecule has 0 aromatic heterocycles. The summed E-state index contributed by atoms with van der Waals surface area (Å²) >= 11 is 2.24. The maximum Gasteiger partial charge on any atom is 0.252 e. The molecule has 24 heavy (non-hydrogen) atoms. The van der Waals surface area contributed by atoms with E-state index in [0.29, 0.717) is 5.56 Å². The average Bonchev–Trinajstić information content (AvgIpc) is 2.61. The van der Waals surface area contributed by atoms with E-state index in [2.05, 4.69) is 47.0 Å². The summed E-state index contributed by atoms with van der Waals surface area (Å²) in [6.07, 6.45) is 0. The highest BCUT2D eigenvalue weighted by atomic mass is 127. The van der Waals surface area contributed by atoms with Crippen LogP contribution in [0, 0.1) is 10.5 Å². The molecule has 1 amide bonds. The second kappa shape index (κ2) is 7.62. The Morgan fingerprint density at radius 3 is 2.17 bits per heavy atom. The van der Waals surface area contributed by atoms with Crippen LogP contribution in [0.2, 0.25) is 0 Å². The summed E-state index contributed by atoms with van der Waals surface area (Å²) in [4.78, 5) is 12.7. The van der Waals surface area contributed by atoms with Crippen LogP contribution in [0.15, 0.2) is 78.9 Å². The Kier molecular flexibility index (Phi) is 5.30. The molecule has 0 saturated heterocycles. The van der Waals surface area contributed by atoms with Crippen LogP contribution in [0.5, 0.6) is 0 Å². The first-order valence-corrected chi connectivity index (χ1v) is 8.90. The first-order chi connectivity index (χ1) is 11.6. The molecule has 2 nitrogen and oxygen atoms in total. The largest absolute Gasteiger partial charge is 0.341 e. The van der Waals surface area contributed by atoms with Gasteiger partial charge in [-0.2, -0.15) is 0 Å². The molecule has 0 radical (unpaired) electrons. The number of amides is 1. The predicted molar refractivity (Wildman–Crippen MR) is 106 cm³/mol. The van der Waals surface area contributed by atoms with E-state index in [-0.39, 0.29) is 11.9 Å². The van der Waals surface area contributed by atoms with Crippen molar-refractivity contribution in [1.82, 2.24) is 5.32 Å². The number of benzene rings is 3. The van der Waals surface area contributed by atoms with E-state index in [1.807, 2.05) is 66.7 Å². The zero-order chi connectivity index (χ0) is 16.9. The van der Waals surface area contributed by atoms with Crippen LogP contribution < -0.4 is 5.32 Å². The van der Waals surface area contributed by atoms with Crippen molar-refractivity contribution in [2.24, 2.45) is 0 Å². The van der Waals surface area contributed by atoms with Gasteiger partial charge >= 0.3 is 0 Å². The third-order valence-electron chi connectivity index (χ3n) is 4.01. The first kappa shape index (κ1) is 16.7. The Bertz CT molecular complexity index is 828. The summed E-state index contributed by atoms with van der Waals surface area (Å²) in [5.41, 5.74) is 4.02. The topological polar surface area (TPSA) is 29.1 Å². The minimum absolute atomic E-state index is 0.0662. The first-order valence-electron chi connectivity index (χ1n) is 7.82. The van der Waals surface area contributed by atoms with Crippen molar-refractivity contribution in [3.63, 3.8) is 0 Å². The van der Waals surface area contributed by atoms with Gasteiger partial charge in [0.2, 0.25) is 0 Å². The summed E-state index contributed by atoms with van der Waals surface area (Å²) in [5.74, 6) is -0.0662. The van der Waals surface area contributed by atoms with Crippen LogP contribution in [0.4, 0.5) is 0 Å². The molecule has 0 aliphatic carbocycles. The number of hydrogen-bond acceptors (Lipinski definition) is 1. The summed E-state index contributed by atoms with van der Waals surface area (Å²) in [6.45, 7) is 2.07. The van der Waals surface area contributed by atoms with Gasteiger partial charge in [0.1, 0.15) is 0 Å². The molecule has 0 heterocycles. The fourth-order valence-corrected chi connectivity index (χ4v) is 3.07. The highest BCUT2D eigenvalue weighted by Gasteiger charge is 2.19. The smallest absolute Gasteiger partial charge is 0.252 e. The molecule has 0 aliphatic heterocycles. The van der Waals surface area contributed by atoms with Crippen LogP contribution in [0.1, 0.15) is 33.1 Å². The minimum atomic E-state index is -0.167. The van der Waals surface area contributed by atoms with Gasteiger partial charge in [-0.3, -0.25) is 4.79 Å². The average molecular weight is 427 g/mol. The van der Waals surface area contributed by atoms with E-state index in [9.17, 15) is 4.79 Å². The van der Waals surface area contributed by atoms with Crippen molar-refractivity contribution in [2.75, 3.05) is 0 Å². The van der Waals surface area contributed by atoms with Gasteiger partial charge in [-0.15, -0.1) is 0 Å². The summed E-state index contributed by atoms with van der Waals surface area (Å²) < 4.78 is 1.11. The van der Waals surface area contributed by atoms with Crippen LogP contribution >= 0.6 is 22.6 Å². The lowest BCUT2D eigenvalue weighted by molar-refractivity contribution is 0.0943. The molecule has 3 rings (SSSR count). The highest BCUT2D eigenvalue weighted by Crippen LogP contribution is 2.25. The van der Waals surface area contributed by atoms with Crippen LogP contribution in [0.25, 0.3) is 0 Å². The Balaban J connectivity index is 1.95. The number of carbonyl (C=O) groups is 1. The van der Waals surface area contributed by atoms with Crippen LogP contribution in [0.3, 0.4) is 0 Å². The molecular formula is C21H18INO. The van der Waals surface area contributed by atoms with Crippen molar-refractivity contribution >= 4 is 28.5 Å². The van der Waals surface area contributed by atoms with Crippen molar-refractivity contribution < 1.29 is 4.79 Å². The van der Waals surface area contributed by atoms with Gasteiger partial charge in [-0.1, -0.05) is 54.6 Å². The molecule has 1 N–H and O–H groups in total. The third kappa shape index (κ3) is 3.85. The van der Waals surface area contributed by atoms with Gasteiger partial charge in [0, 0.05) is 9.13 Å². The molecule has 0 spiro atoms. The molecule has 3 aromatic carbocycles. The SMILES string of the molecule is Cc1ccccc1[C@@H](NC(=O)c1ccc(I)cc1)c1ccccc1. The van der Waals surface area contributed by atoms with Crippen LogP contribution in [-0.2, 0) is 0 Å². The number of rotatable bonds is 4. The molecule has 0 aliphatic rings. The van der Waals surface area contributed by atoms with E-state index < -0.39 is 0 Å². The molecule has 120 valence electrons. The van der Waals surface area contributed by atoms with Gasteiger partial charge < -0.3 is 5.32 Å². The number of aryl methyl sites for hydroxylation is 1. The van der Waals surface area contributed by atoms with E-state index in [4.69, 9.17) is 0 Å². The number of halogens is 1. The van der Waals surface area contributed by atoms with Gasteiger partial charge in [0.25, 0.3) is 5.91 Å². The second-order valence-electron chi connectivity index (χ2n) is 5.68. The Hall–Kier alpha value is -2.14. The van der Waals surface area contributed by atoms with E-state index in [0.717, 1.165) is 20.3 Å². The van der Waals surface area contributed by atoms with Gasteiger partial charge in [-0.05, 0) is 70.5 Å². The lowest BCUT2D eigenvalue weighted by Crippen LogP contribution is -2.29. The molecule has 3 aromatic rings. The standard InChI is InChI=1S/C21H18INO/c1-15-7-5-6-10-19(15)20(16-8-3-2-4-9-16)23-21(24)17-11-13-18(22)14-12-17/h2-14,20H,1H3,(H,23,24)/t20-/m0/s1. The molecule has 0 bridgehead atoms. The highest BCUT2D eigenvalue weighted by molar-refractivity contribution is 14.1. The molecule has 0 unspecified atom stereocenters. The Labute approximate surface area is 156 Å². The van der Waals surface area contributed by atoms with Crippen molar-refractivity contribution in [1.29, 1.82) is 0 Å². The van der Waals surface area contributed by atoms with Crippen LogP contribution in [-0.4, -0.2) is 5.91 Å². The molecule has 0 saturated carbocycles. The Morgan fingerprint density at radius 2 is 1.50 bits per heavy atom. The summed E-state index contributed by atoms with van der Waals surface area (Å²) in [7, 11) is 0. The maximum absolute atomic E-state index is 12.7. The molecule has 0 fully saturated rings. The van der Waals surface area contributed by atoms with Gasteiger partial charge in [0.05, 0.1) is 6.04 Å². The van der Waals surface area contributed by atoms with Crippen molar-refractivity contribution in [3.8, 4) is 0 Å². The normalized spacial score (nSPS) is 11.8. The summed E-state index contributed by atoms with van der Waals surface area (Å²) in [5, 5.41) is 3.18. The molecule has 3 heteroatoms. The van der Waals surface area contributed by atoms with Gasteiger partial charge in [-0.25, -0.2) is 0 Å². The zero-order valence-electron chi connectivity index (χ0n) is 13.4. The molecule has 1 atom stereocenters. The molecular weight excluding hydrogens is 409 g/mol. The lowest BCUT2D eigenvalue weighted by Gasteiger charge is -2.21. The monoisotopic (exact) mass is 427 g/mol. The van der Waals surface area contributed by atoms with Crippen molar-refractivity contribution in [3.05, 3.63) is 105 Å². The Morgan fingerprint density at radius 1 is 0.875 bits per heavy atom. The van der Waals surface area contributed by atoms with E-state index >= 15 is 0 Å². The lowest BCUT2D eigenvalue weighted by atomic mass is 9.94. The third-order valence-corrected chi connectivity index (χ3v) is 4.73. The summed E-state index contributed by atoms with van der Waals surface area (Å²) in [6, 6.07) is 25.7. The number of carbonyl (C=O) groups excluding carboxylic acids is 1. The maximum atomic E-state index is 12.7. The van der Waals surface area contributed by atoms with Crippen molar-refractivity contribution in [2.45, 2.75) is 13.0 Å². The fourth-order valence-electron chi connectivity index (χ4n) is 2.71.